The van der Waals surface area contributed by atoms with Crippen molar-refractivity contribution < 1.29 is 9.18 Å². The van der Waals surface area contributed by atoms with Gasteiger partial charge >= 0.3 is 0 Å². The summed E-state index contributed by atoms with van der Waals surface area (Å²) in [6.45, 7) is 3.35. The number of nitriles is 1. The molecule has 0 spiro atoms. The van der Waals surface area contributed by atoms with Crippen molar-refractivity contribution in [1.82, 2.24) is 0 Å². The van der Waals surface area contributed by atoms with Gasteiger partial charge in [-0.1, -0.05) is 6.92 Å². The summed E-state index contributed by atoms with van der Waals surface area (Å²) in [6.07, 6.45) is 0.441. The van der Waals surface area contributed by atoms with Crippen LogP contribution in [0.1, 0.15) is 25.8 Å². The average molecular weight is 235 g/mol. The van der Waals surface area contributed by atoms with E-state index in [1.165, 1.54) is 12.1 Å². The number of amides is 1. The summed E-state index contributed by atoms with van der Waals surface area (Å²) in [7, 11) is 0. The third kappa shape index (κ3) is 3.02. The minimum Gasteiger partial charge on any atom is -0.322 e. The Bertz CT molecular complexity index is 477. The number of nitrogens with two attached hydrogens (primary N) is 1. The van der Waals surface area contributed by atoms with E-state index in [0.717, 1.165) is 6.07 Å². The van der Waals surface area contributed by atoms with Gasteiger partial charge < -0.3 is 11.1 Å². The van der Waals surface area contributed by atoms with Crippen molar-refractivity contribution in [3.63, 3.8) is 0 Å². The van der Waals surface area contributed by atoms with Gasteiger partial charge in [0.2, 0.25) is 5.91 Å². The molecule has 0 heterocycles. The van der Waals surface area contributed by atoms with Crippen molar-refractivity contribution in [2.45, 2.75) is 25.8 Å². The molecule has 0 saturated heterocycles. The van der Waals surface area contributed by atoms with Crippen LogP contribution in [0, 0.1) is 17.1 Å². The molecule has 3 N–H and O–H groups in total. The lowest BCUT2D eigenvalue weighted by atomic mass is 9.99. The average Bonchev–Trinajstić information content (AvgIpc) is 2.31. The molecule has 0 saturated carbocycles. The number of rotatable bonds is 3. The summed E-state index contributed by atoms with van der Waals surface area (Å²) in [5.74, 6) is -1.10. The van der Waals surface area contributed by atoms with Crippen LogP contribution in [0.5, 0.6) is 0 Å². The summed E-state index contributed by atoms with van der Waals surface area (Å²) >= 11 is 0. The summed E-state index contributed by atoms with van der Waals surface area (Å²) in [4.78, 5) is 11.7. The first-order valence-corrected chi connectivity index (χ1v) is 5.20. The van der Waals surface area contributed by atoms with Gasteiger partial charge in [0.15, 0.2) is 0 Å². The van der Waals surface area contributed by atoms with E-state index in [0.29, 0.717) is 6.42 Å². The third-order valence-electron chi connectivity index (χ3n) is 2.60. The quantitative estimate of drug-likeness (QED) is 0.837. The Morgan fingerprint density at radius 2 is 2.29 bits per heavy atom. The van der Waals surface area contributed by atoms with Gasteiger partial charge in [0.05, 0.1) is 22.9 Å². The Morgan fingerprint density at radius 3 is 2.76 bits per heavy atom. The highest BCUT2D eigenvalue weighted by Crippen LogP contribution is 2.17. The molecule has 0 aliphatic carbocycles. The molecule has 1 unspecified atom stereocenters. The second-order valence-electron chi connectivity index (χ2n) is 4.03. The molecule has 0 radical (unpaired) electrons. The fourth-order valence-corrected chi connectivity index (χ4v) is 1.11. The van der Waals surface area contributed by atoms with Crippen LogP contribution in [0.3, 0.4) is 0 Å². The number of hydrogen-bond donors (Lipinski definition) is 2. The summed E-state index contributed by atoms with van der Waals surface area (Å²) in [5.41, 5.74) is 4.91. The largest absolute Gasteiger partial charge is 0.322 e. The Hall–Kier alpha value is -1.93. The van der Waals surface area contributed by atoms with Crippen LogP contribution in [0.25, 0.3) is 0 Å². The van der Waals surface area contributed by atoms with Gasteiger partial charge in [0.25, 0.3) is 0 Å². The first-order chi connectivity index (χ1) is 7.90. The molecule has 4 nitrogen and oxygen atoms in total. The van der Waals surface area contributed by atoms with Crippen LogP contribution < -0.4 is 11.1 Å². The molecule has 1 aromatic carbocycles. The molecule has 1 atom stereocenters. The van der Waals surface area contributed by atoms with Crippen molar-refractivity contribution in [1.29, 1.82) is 5.26 Å². The highest BCUT2D eigenvalue weighted by molar-refractivity contribution is 5.97. The van der Waals surface area contributed by atoms with Crippen molar-refractivity contribution in [2.24, 2.45) is 5.73 Å². The molecule has 0 fully saturated rings. The number of carbonyl (C=O) groups is 1. The molecular formula is C12H14FN3O. The zero-order valence-electron chi connectivity index (χ0n) is 9.75. The van der Waals surface area contributed by atoms with E-state index in [1.54, 1.807) is 13.8 Å². The molecular weight excluding hydrogens is 221 g/mol. The normalized spacial score (nSPS) is 13.6. The molecule has 17 heavy (non-hydrogen) atoms. The van der Waals surface area contributed by atoms with Crippen molar-refractivity contribution in [3.05, 3.63) is 29.6 Å². The molecule has 1 amide bonds. The fourth-order valence-electron chi connectivity index (χ4n) is 1.11. The minimum absolute atomic E-state index is 0.0270. The first kappa shape index (κ1) is 13.1. The van der Waals surface area contributed by atoms with Crippen molar-refractivity contribution in [2.75, 3.05) is 5.32 Å². The number of carbonyl (C=O) groups excluding carboxylic acids is 1. The summed E-state index contributed by atoms with van der Waals surface area (Å²) in [6, 6.07) is 5.65. The zero-order valence-corrected chi connectivity index (χ0v) is 9.75. The Morgan fingerprint density at radius 1 is 1.65 bits per heavy atom. The van der Waals surface area contributed by atoms with E-state index in [2.05, 4.69) is 5.32 Å². The van der Waals surface area contributed by atoms with Gasteiger partial charge in [-0.2, -0.15) is 5.26 Å². The monoisotopic (exact) mass is 235 g/mol. The van der Waals surface area contributed by atoms with Crippen LogP contribution in [-0.4, -0.2) is 11.4 Å². The van der Waals surface area contributed by atoms with Crippen LogP contribution in [0.2, 0.25) is 0 Å². The predicted octanol–water partition coefficient (Wildman–Crippen LogP) is 1.76. The van der Waals surface area contributed by atoms with Crippen LogP contribution >= 0.6 is 0 Å². The molecule has 90 valence electrons. The van der Waals surface area contributed by atoms with E-state index >= 15 is 0 Å². The first-order valence-electron chi connectivity index (χ1n) is 5.20. The number of hydrogen-bond acceptors (Lipinski definition) is 3. The third-order valence-corrected chi connectivity index (χ3v) is 2.60. The lowest BCUT2D eigenvalue weighted by Crippen LogP contribution is -2.47. The van der Waals surface area contributed by atoms with E-state index in [1.807, 2.05) is 6.07 Å². The van der Waals surface area contributed by atoms with E-state index in [-0.39, 0.29) is 11.3 Å². The molecule has 0 aliphatic heterocycles. The van der Waals surface area contributed by atoms with E-state index in [9.17, 15) is 9.18 Å². The summed E-state index contributed by atoms with van der Waals surface area (Å²) < 4.78 is 13.5. The van der Waals surface area contributed by atoms with Gasteiger partial charge in [-0.15, -0.1) is 0 Å². The van der Waals surface area contributed by atoms with E-state index < -0.39 is 17.3 Å². The maximum absolute atomic E-state index is 13.5. The molecule has 5 heteroatoms. The van der Waals surface area contributed by atoms with Crippen LogP contribution in [0.15, 0.2) is 18.2 Å². The lowest BCUT2D eigenvalue weighted by molar-refractivity contribution is -0.120. The Kier molecular flexibility index (Phi) is 3.81. The van der Waals surface area contributed by atoms with Gasteiger partial charge in [0, 0.05) is 0 Å². The van der Waals surface area contributed by atoms with Gasteiger partial charge in [-0.25, -0.2) is 4.39 Å². The standard InChI is InChI=1S/C12H14FN3O/c1-3-12(2,15)11(17)16-10-5-4-8(7-14)6-9(10)13/h4-6H,3,15H2,1-2H3,(H,16,17). The van der Waals surface area contributed by atoms with Gasteiger partial charge in [0.1, 0.15) is 5.82 Å². The highest BCUT2D eigenvalue weighted by atomic mass is 19.1. The number of anilines is 1. The van der Waals surface area contributed by atoms with E-state index in [4.69, 9.17) is 11.0 Å². The predicted molar refractivity (Wildman–Crippen MR) is 62.6 cm³/mol. The van der Waals surface area contributed by atoms with Crippen LogP contribution in [-0.2, 0) is 4.79 Å². The number of halogens is 1. The SMILES string of the molecule is CCC(C)(N)C(=O)Nc1ccc(C#N)cc1F. The number of nitrogens with one attached hydrogen (secondary N) is 1. The smallest absolute Gasteiger partial charge is 0.244 e. The number of nitrogens with zero attached hydrogens (tertiary/aromatic N) is 1. The Balaban J connectivity index is 2.91. The molecule has 1 aromatic rings. The molecule has 0 aliphatic rings. The van der Waals surface area contributed by atoms with Crippen LogP contribution in [0.4, 0.5) is 10.1 Å². The second kappa shape index (κ2) is 4.93. The fraction of sp³-hybridized carbons (Fsp3) is 0.333. The number of benzene rings is 1. The molecule has 0 bridgehead atoms. The van der Waals surface area contributed by atoms with Crippen molar-refractivity contribution >= 4 is 11.6 Å². The Labute approximate surface area is 99.2 Å². The maximum atomic E-state index is 13.5. The molecule has 1 rings (SSSR count). The molecule has 0 aromatic heterocycles. The zero-order chi connectivity index (χ0) is 13.1. The summed E-state index contributed by atoms with van der Waals surface area (Å²) in [5, 5.41) is 11.0. The maximum Gasteiger partial charge on any atom is 0.244 e. The van der Waals surface area contributed by atoms with Crippen molar-refractivity contribution in [3.8, 4) is 6.07 Å². The topological polar surface area (TPSA) is 78.9 Å². The van der Waals surface area contributed by atoms with Gasteiger partial charge in [-0.3, -0.25) is 4.79 Å². The van der Waals surface area contributed by atoms with Gasteiger partial charge in [-0.05, 0) is 31.5 Å². The minimum atomic E-state index is -1.04. The lowest BCUT2D eigenvalue weighted by Gasteiger charge is -2.21. The second-order valence-corrected chi connectivity index (χ2v) is 4.03. The highest BCUT2D eigenvalue weighted by Gasteiger charge is 2.26.